The minimum Gasteiger partial charge on any atom is -0.352 e. The highest BCUT2D eigenvalue weighted by molar-refractivity contribution is 5.79. The Kier molecular flexibility index (Phi) is 6.35. The molecule has 2 aromatic rings. The molecule has 4 heterocycles. The number of piperidine rings is 3. The van der Waals surface area contributed by atoms with Crippen LogP contribution < -0.4 is 5.32 Å². The monoisotopic (exact) mass is 421 g/mol. The standard InChI is InChI=1S/C25H35N5O/c31-25(26-15-20-9-5-2-6-10-20)24-18-29-12-11-21(24)14-23(29)17-30-16-22(27-28-30)13-19-7-3-1-4-8-19/h2,5-6,9-10,16,19,21,23-24H,1,3-4,7-8,11-15,17-18H2,(H,26,31)/t21-,23+,24-/m0/s1. The van der Waals surface area contributed by atoms with Gasteiger partial charge in [-0.2, -0.15) is 0 Å². The molecule has 1 aliphatic carbocycles. The summed E-state index contributed by atoms with van der Waals surface area (Å²) in [6.07, 6.45) is 12.3. The molecule has 6 rings (SSSR count). The number of aromatic nitrogens is 3. The van der Waals surface area contributed by atoms with Gasteiger partial charge in [-0.3, -0.25) is 14.4 Å². The molecule has 4 aliphatic rings. The number of carbonyl (C=O) groups excluding carboxylic acids is 1. The molecule has 1 aromatic heterocycles. The number of amides is 1. The first-order valence-corrected chi connectivity index (χ1v) is 12.2. The molecule has 1 amide bonds. The Morgan fingerprint density at radius 3 is 2.71 bits per heavy atom. The van der Waals surface area contributed by atoms with Gasteiger partial charge in [0.25, 0.3) is 0 Å². The average molecular weight is 422 g/mol. The van der Waals surface area contributed by atoms with E-state index < -0.39 is 0 Å². The fraction of sp³-hybridized carbons (Fsp3) is 0.640. The van der Waals surface area contributed by atoms with E-state index in [1.165, 1.54) is 32.1 Å². The van der Waals surface area contributed by atoms with Crippen LogP contribution in [0.4, 0.5) is 0 Å². The molecule has 1 saturated carbocycles. The number of hydrogen-bond donors (Lipinski definition) is 1. The smallest absolute Gasteiger partial charge is 0.224 e. The zero-order valence-corrected chi connectivity index (χ0v) is 18.5. The van der Waals surface area contributed by atoms with Crippen molar-refractivity contribution in [1.82, 2.24) is 25.2 Å². The molecule has 0 spiro atoms. The summed E-state index contributed by atoms with van der Waals surface area (Å²) in [4.78, 5) is 15.4. The Balaban J connectivity index is 1.13. The van der Waals surface area contributed by atoms with Crippen LogP contribution in [0.25, 0.3) is 0 Å². The van der Waals surface area contributed by atoms with Gasteiger partial charge in [-0.05, 0) is 43.2 Å². The molecule has 1 N–H and O–H groups in total. The lowest BCUT2D eigenvalue weighted by molar-refractivity contribution is -0.133. The normalized spacial score (nSPS) is 28.5. The molecule has 0 radical (unpaired) electrons. The quantitative estimate of drug-likeness (QED) is 0.744. The molecule has 6 nitrogen and oxygen atoms in total. The zero-order valence-electron chi connectivity index (χ0n) is 18.5. The first-order chi connectivity index (χ1) is 15.2. The molecule has 3 aliphatic heterocycles. The highest BCUT2D eigenvalue weighted by Crippen LogP contribution is 2.37. The summed E-state index contributed by atoms with van der Waals surface area (Å²) in [6.45, 7) is 3.49. The Morgan fingerprint density at radius 1 is 1.10 bits per heavy atom. The van der Waals surface area contributed by atoms with Crippen molar-refractivity contribution in [3.63, 3.8) is 0 Å². The first-order valence-electron chi connectivity index (χ1n) is 12.2. The van der Waals surface area contributed by atoms with Crippen molar-refractivity contribution >= 4 is 5.91 Å². The number of nitrogens with zero attached hydrogens (tertiary/aromatic N) is 4. The predicted octanol–water partition coefficient (Wildman–Crippen LogP) is 3.43. The maximum atomic E-state index is 12.9. The van der Waals surface area contributed by atoms with Gasteiger partial charge in [0.15, 0.2) is 0 Å². The summed E-state index contributed by atoms with van der Waals surface area (Å²) in [5.74, 6) is 1.61. The lowest BCUT2D eigenvalue weighted by Crippen LogP contribution is -2.58. The van der Waals surface area contributed by atoms with Crippen LogP contribution in [0.5, 0.6) is 0 Å². The predicted molar refractivity (Wildman–Crippen MR) is 120 cm³/mol. The molecule has 2 bridgehead atoms. The van der Waals surface area contributed by atoms with Crippen molar-refractivity contribution < 1.29 is 4.79 Å². The topological polar surface area (TPSA) is 63.1 Å². The fourth-order valence-electron chi connectivity index (χ4n) is 5.97. The number of benzene rings is 1. The van der Waals surface area contributed by atoms with Gasteiger partial charge in [0.2, 0.25) is 5.91 Å². The van der Waals surface area contributed by atoms with Crippen LogP contribution in [-0.2, 0) is 24.3 Å². The third kappa shape index (κ3) is 5.00. The van der Waals surface area contributed by atoms with E-state index in [2.05, 4.69) is 38.9 Å². The van der Waals surface area contributed by atoms with Crippen LogP contribution in [-0.4, -0.2) is 44.9 Å². The van der Waals surface area contributed by atoms with E-state index in [-0.39, 0.29) is 11.8 Å². The summed E-state index contributed by atoms with van der Waals surface area (Å²) in [5.41, 5.74) is 2.31. The summed E-state index contributed by atoms with van der Waals surface area (Å²) in [5, 5.41) is 12.1. The molecule has 31 heavy (non-hydrogen) atoms. The van der Waals surface area contributed by atoms with E-state index in [4.69, 9.17) is 0 Å². The second-order valence-electron chi connectivity index (χ2n) is 9.88. The average Bonchev–Trinajstić information content (AvgIpc) is 3.26. The van der Waals surface area contributed by atoms with Gasteiger partial charge in [0.1, 0.15) is 0 Å². The van der Waals surface area contributed by atoms with Crippen molar-refractivity contribution in [1.29, 1.82) is 0 Å². The molecular formula is C25H35N5O. The van der Waals surface area contributed by atoms with Crippen molar-refractivity contribution in [2.45, 2.75) is 70.5 Å². The number of hydrogen-bond acceptors (Lipinski definition) is 4. The summed E-state index contributed by atoms with van der Waals surface area (Å²) in [6, 6.07) is 10.6. The van der Waals surface area contributed by atoms with Gasteiger partial charge in [0.05, 0.1) is 18.2 Å². The Hall–Kier alpha value is -2.21. The number of fused-ring (bicyclic) bond motifs is 3. The van der Waals surface area contributed by atoms with Gasteiger partial charge in [-0.15, -0.1) is 5.10 Å². The maximum absolute atomic E-state index is 12.9. The van der Waals surface area contributed by atoms with E-state index in [9.17, 15) is 4.79 Å². The Morgan fingerprint density at radius 2 is 1.94 bits per heavy atom. The second kappa shape index (κ2) is 9.51. The van der Waals surface area contributed by atoms with Crippen LogP contribution in [0.15, 0.2) is 36.5 Å². The number of rotatable bonds is 7. The molecule has 4 atom stereocenters. The van der Waals surface area contributed by atoms with Crippen molar-refractivity contribution in [2.24, 2.45) is 17.8 Å². The van der Waals surface area contributed by atoms with Gasteiger partial charge in [-0.25, -0.2) is 0 Å². The Bertz CT molecular complexity index is 860. The van der Waals surface area contributed by atoms with E-state index in [0.29, 0.717) is 18.5 Å². The molecule has 166 valence electrons. The minimum absolute atomic E-state index is 0.117. The molecule has 4 fully saturated rings. The van der Waals surface area contributed by atoms with Crippen LogP contribution in [0, 0.1) is 17.8 Å². The molecule has 6 heteroatoms. The molecular weight excluding hydrogens is 386 g/mol. The second-order valence-corrected chi connectivity index (χ2v) is 9.88. The molecule has 1 unspecified atom stereocenters. The van der Waals surface area contributed by atoms with Gasteiger partial charge in [-0.1, -0.05) is 67.6 Å². The van der Waals surface area contributed by atoms with E-state index >= 15 is 0 Å². The Labute approximate surface area is 185 Å². The van der Waals surface area contributed by atoms with E-state index in [1.54, 1.807) is 0 Å². The SMILES string of the molecule is O=C(NCc1ccccc1)[C@H]1CN2CC[C@H]1C[C@@H]2Cn1cc(CC2CCCCC2)nn1. The van der Waals surface area contributed by atoms with Gasteiger partial charge < -0.3 is 5.32 Å². The van der Waals surface area contributed by atoms with Crippen LogP contribution in [0.1, 0.15) is 56.2 Å². The molecule has 1 aromatic carbocycles. The van der Waals surface area contributed by atoms with Crippen molar-refractivity contribution in [2.75, 3.05) is 13.1 Å². The van der Waals surface area contributed by atoms with Gasteiger partial charge in [0, 0.05) is 25.3 Å². The van der Waals surface area contributed by atoms with E-state index in [1.807, 2.05) is 22.9 Å². The van der Waals surface area contributed by atoms with Crippen LogP contribution >= 0.6 is 0 Å². The minimum atomic E-state index is 0.117. The summed E-state index contributed by atoms with van der Waals surface area (Å²) < 4.78 is 2.05. The lowest BCUT2D eigenvalue weighted by atomic mass is 9.75. The zero-order chi connectivity index (χ0) is 21.0. The number of carbonyl (C=O) groups is 1. The lowest BCUT2D eigenvalue weighted by Gasteiger charge is -2.49. The van der Waals surface area contributed by atoms with Gasteiger partial charge >= 0.3 is 0 Å². The summed E-state index contributed by atoms with van der Waals surface area (Å²) in [7, 11) is 0. The third-order valence-electron chi connectivity index (χ3n) is 7.73. The fourth-order valence-corrected chi connectivity index (χ4v) is 5.97. The van der Waals surface area contributed by atoms with Crippen LogP contribution in [0.2, 0.25) is 0 Å². The highest BCUT2D eigenvalue weighted by Gasteiger charge is 2.43. The van der Waals surface area contributed by atoms with Crippen LogP contribution in [0.3, 0.4) is 0 Å². The van der Waals surface area contributed by atoms with Crippen molar-refractivity contribution in [3.05, 3.63) is 47.8 Å². The largest absolute Gasteiger partial charge is 0.352 e. The first kappa shape index (κ1) is 20.7. The van der Waals surface area contributed by atoms with E-state index in [0.717, 1.165) is 56.1 Å². The molecule has 3 saturated heterocycles. The third-order valence-corrected chi connectivity index (χ3v) is 7.73. The summed E-state index contributed by atoms with van der Waals surface area (Å²) >= 11 is 0. The van der Waals surface area contributed by atoms with Crippen molar-refractivity contribution in [3.8, 4) is 0 Å². The highest BCUT2D eigenvalue weighted by atomic mass is 16.1. The maximum Gasteiger partial charge on any atom is 0.224 e. The number of nitrogens with one attached hydrogen (secondary N) is 1.